The summed E-state index contributed by atoms with van der Waals surface area (Å²) in [5, 5.41) is 14.1. The molecule has 2 nitrogen and oxygen atoms in total. The number of aliphatic hydroxyl groups is 1. The summed E-state index contributed by atoms with van der Waals surface area (Å²) in [6.45, 7) is 4.91. The topological polar surface area (TPSA) is 32.3 Å². The van der Waals surface area contributed by atoms with Crippen molar-refractivity contribution in [3.05, 3.63) is 70.8 Å². The molecule has 0 saturated heterocycles. The van der Waals surface area contributed by atoms with Crippen molar-refractivity contribution in [2.75, 3.05) is 6.54 Å². The van der Waals surface area contributed by atoms with Gasteiger partial charge in [0.05, 0.1) is 6.10 Å². The first-order chi connectivity index (χ1) is 11.6. The van der Waals surface area contributed by atoms with Crippen LogP contribution in [-0.2, 0) is 5.41 Å². The molecule has 1 unspecified atom stereocenters. The van der Waals surface area contributed by atoms with Crippen molar-refractivity contribution in [2.45, 2.75) is 56.6 Å². The molecule has 0 radical (unpaired) electrons. The predicted octanol–water partition coefficient (Wildman–Crippen LogP) is 3.96. The second-order valence-electron chi connectivity index (χ2n) is 7.77. The summed E-state index contributed by atoms with van der Waals surface area (Å²) in [6.07, 6.45) is 2.80. The lowest BCUT2D eigenvalue weighted by Gasteiger charge is -2.50. The fraction of sp³-hybridized carbons (Fsp3) is 0.455. The van der Waals surface area contributed by atoms with E-state index in [0.717, 1.165) is 12.8 Å². The van der Waals surface area contributed by atoms with E-state index in [4.69, 9.17) is 0 Å². The van der Waals surface area contributed by atoms with Crippen molar-refractivity contribution in [3.8, 4) is 0 Å². The fourth-order valence-electron chi connectivity index (χ4n) is 4.93. The lowest BCUT2D eigenvalue weighted by Crippen LogP contribution is -2.44. The molecular formula is C22H27NO. The molecule has 0 amide bonds. The monoisotopic (exact) mass is 321 g/mol. The minimum absolute atomic E-state index is 0.0278. The van der Waals surface area contributed by atoms with E-state index >= 15 is 0 Å². The van der Waals surface area contributed by atoms with Crippen molar-refractivity contribution in [1.29, 1.82) is 0 Å². The quantitative estimate of drug-likeness (QED) is 0.873. The maximum absolute atomic E-state index is 10.8. The van der Waals surface area contributed by atoms with Gasteiger partial charge >= 0.3 is 0 Å². The van der Waals surface area contributed by atoms with Crippen LogP contribution in [-0.4, -0.2) is 23.8 Å². The Morgan fingerprint density at radius 2 is 1.62 bits per heavy atom. The van der Waals surface area contributed by atoms with Gasteiger partial charge in [0.25, 0.3) is 0 Å². The van der Waals surface area contributed by atoms with E-state index in [1.165, 1.54) is 28.7 Å². The molecule has 3 aliphatic carbocycles. The highest BCUT2D eigenvalue weighted by atomic mass is 16.3. The van der Waals surface area contributed by atoms with Crippen LogP contribution in [0.5, 0.6) is 0 Å². The lowest BCUT2D eigenvalue weighted by molar-refractivity contribution is 0.125. The van der Waals surface area contributed by atoms with Crippen molar-refractivity contribution in [2.24, 2.45) is 0 Å². The number of fused-ring (bicyclic) bond motifs is 1. The normalized spacial score (nSPS) is 25.4. The second-order valence-corrected chi connectivity index (χ2v) is 7.77. The SMILES string of the molecule is CC(C)NCC(O)CC12CCC(c3ccccc31)c1ccccc12. The van der Waals surface area contributed by atoms with Crippen LogP contribution in [0.4, 0.5) is 0 Å². The van der Waals surface area contributed by atoms with Crippen molar-refractivity contribution >= 4 is 0 Å². The predicted molar refractivity (Wildman–Crippen MR) is 98.5 cm³/mol. The van der Waals surface area contributed by atoms with Crippen LogP contribution in [0.15, 0.2) is 48.5 Å². The van der Waals surface area contributed by atoms with E-state index < -0.39 is 0 Å². The molecule has 0 saturated carbocycles. The van der Waals surface area contributed by atoms with Crippen LogP contribution in [0, 0.1) is 0 Å². The van der Waals surface area contributed by atoms with Crippen LogP contribution < -0.4 is 5.32 Å². The lowest BCUT2D eigenvalue weighted by atomic mass is 9.53. The van der Waals surface area contributed by atoms with Crippen LogP contribution in [0.1, 0.15) is 61.3 Å². The van der Waals surface area contributed by atoms with Gasteiger partial charge in [-0.1, -0.05) is 62.4 Å². The van der Waals surface area contributed by atoms with Crippen LogP contribution in [0.3, 0.4) is 0 Å². The summed E-state index contributed by atoms with van der Waals surface area (Å²) in [5.74, 6) is 0.533. The molecule has 126 valence electrons. The number of rotatable bonds is 5. The molecule has 2 bridgehead atoms. The smallest absolute Gasteiger partial charge is 0.0676 e. The number of benzene rings is 2. The van der Waals surface area contributed by atoms with Gasteiger partial charge < -0.3 is 10.4 Å². The number of nitrogens with one attached hydrogen (secondary N) is 1. The molecule has 24 heavy (non-hydrogen) atoms. The Morgan fingerprint density at radius 1 is 1.04 bits per heavy atom. The fourth-order valence-corrected chi connectivity index (χ4v) is 4.93. The summed E-state index contributed by atoms with van der Waals surface area (Å²) < 4.78 is 0. The first-order valence-electron chi connectivity index (χ1n) is 9.22. The standard InChI is InChI=1S/C22H27NO/c1-15(2)23-14-16(24)13-22-12-11-17(18-7-3-5-9-20(18)22)19-8-4-6-10-21(19)22/h3-10,15-17,23-24H,11-14H2,1-2H3. The van der Waals surface area contributed by atoms with E-state index in [1.807, 2.05) is 0 Å². The zero-order valence-electron chi connectivity index (χ0n) is 14.6. The maximum Gasteiger partial charge on any atom is 0.0676 e. The van der Waals surface area contributed by atoms with Crippen LogP contribution in [0.2, 0.25) is 0 Å². The van der Waals surface area contributed by atoms with Gasteiger partial charge in [-0.05, 0) is 41.5 Å². The third-order valence-corrected chi connectivity index (χ3v) is 5.91. The molecule has 2 N–H and O–H groups in total. The molecule has 0 aliphatic heterocycles. The largest absolute Gasteiger partial charge is 0.392 e. The highest BCUT2D eigenvalue weighted by molar-refractivity contribution is 5.59. The first kappa shape index (κ1) is 15.9. The summed E-state index contributed by atoms with van der Waals surface area (Å²) in [4.78, 5) is 0. The number of hydrogen-bond acceptors (Lipinski definition) is 2. The zero-order chi connectivity index (χ0) is 16.7. The van der Waals surface area contributed by atoms with Crippen molar-refractivity contribution in [1.82, 2.24) is 5.32 Å². The van der Waals surface area contributed by atoms with Gasteiger partial charge in [0.15, 0.2) is 0 Å². The highest BCUT2D eigenvalue weighted by Crippen LogP contribution is 2.57. The average molecular weight is 321 g/mol. The molecule has 0 spiro atoms. The molecule has 1 atom stereocenters. The molecule has 5 rings (SSSR count). The van der Waals surface area contributed by atoms with E-state index in [0.29, 0.717) is 18.5 Å². The van der Waals surface area contributed by atoms with Gasteiger partial charge in [-0.25, -0.2) is 0 Å². The summed E-state index contributed by atoms with van der Waals surface area (Å²) in [7, 11) is 0. The van der Waals surface area contributed by atoms with E-state index in [1.54, 1.807) is 0 Å². The minimum Gasteiger partial charge on any atom is -0.392 e. The molecular weight excluding hydrogens is 294 g/mol. The van der Waals surface area contributed by atoms with E-state index in [9.17, 15) is 5.11 Å². The Bertz CT molecular complexity index is 689. The summed E-state index contributed by atoms with van der Waals surface area (Å²) in [5.41, 5.74) is 5.82. The zero-order valence-corrected chi connectivity index (χ0v) is 14.6. The number of hydrogen-bond donors (Lipinski definition) is 2. The molecule has 3 aliphatic rings. The molecule has 0 aromatic heterocycles. The Labute approximate surface area is 144 Å². The third kappa shape index (κ3) is 2.40. The molecule has 0 fully saturated rings. The van der Waals surface area contributed by atoms with Crippen LogP contribution >= 0.6 is 0 Å². The van der Waals surface area contributed by atoms with Crippen molar-refractivity contribution in [3.63, 3.8) is 0 Å². The van der Waals surface area contributed by atoms with Gasteiger partial charge in [-0.3, -0.25) is 0 Å². The molecule has 2 heteroatoms. The van der Waals surface area contributed by atoms with Gasteiger partial charge in [0.1, 0.15) is 0 Å². The maximum atomic E-state index is 10.8. The van der Waals surface area contributed by atoms with E-state index in [2.05, 4.69) is 67.7 Å². The summed E-state index contributed by atoms with van der Waals surface area (Å²) >= 11 is 0. The Kier molecular flexibility index (Phi) is 3.98. The Hall–Kier alpha value is -1.64. The van der Waals surface area contributed by atoms with Gasteiger partial charge in [-0.2, -0.15) is 0 Å². The summed E-state index contributed by atoms with van der Waals surface area (Å²) in [6, 6.07) is 18.2. The second kappa shape index (κ2) is 6.02. The number of aliphatic hydroxyl groups excluding tert-OH is 1. The third-order valence-electron chi connectivity index (χ3n) is 5.91. The average Bonchev–Trinajstić information content (AvgIpc) is 2.61. The Balaban J connectivity index is 1.76. The molecule has 2 aromatic carbocycles. The van der Waals surface area contributed by atoms with Gasteiger partial charge in [0.2, 0.25) is 0 Å². The van der Waals surface area contributed by atoms with Crippen molar-refractivity contribution < 1.29 is 5.11 Å². The van der Waals surface area contributed by atoms with Gasteiger partial charge in [0, 0.05) is 23.9 Å². The highest BCUT2D eigenvalue weighted by Gasteiger charge is 2.48. The van der Waals surface area contributed by atoms with E-state index in [-0.39, 0.29) is 11.5 Å². The Morgan fingerprint density at radius 3 is 2.21 bits per heavy atom. The van der Waals surface area contributed by atoms with Gasteiger partial charge in [-0.15, -0.1) is 0 Å². The first-order valence-corrected chi connectivity index (χ1v) is 9.22. The van der Waals surface area contributed by atoms with Crippen LogP contribution in [0.25, 0.3) is 0 Å². The minimum atomic E-state index is -0.330. The molecule has 2 aromatic rings. The molecule has 0 heterocycles.